The van der Waals surface area contributed by atoms with Crippen LogP contribution in [0.15, 0.2) is 115 Å². The smallest absolute Gasteiger partial charge is 0.119 e. The van der Waals surface area contributed by atoms with E-state index < -0.39 is 0 Å². The third-order valence-corrected chi connectivity index (χ3v) is 6.36. The molecule has 0 aromatic heterocycles. The number of phenols is 2. The van der Waals surface area contributed by atoms with E-state index in [0.29, 0.717) is 6.61 Å². The molecule has 0 bridgehead atoms. The number of hydrogen-bond acceptors (Lipinski definition) is 4. The molecule has 4 aromatic rings. The van der Waals surface area contributed by atoms with E-state index in [1.807, 2.05) is 61.0 Å². The number of rotatable bonds is 8. The van der Waals surface area contributed by atoms with E-state index in [1.54, 1.807) is 24.3 Å². The predicted molar refractivity (Wildman–Crippen MR) is 146 cm³/mol. The maximum atomic E-state index is 9.98. The molecular weight excluding hydrogens is 446 g/mol. The Balaban J connectivity index is 1.31. The first-order valence-corrected chi connectivity index (χ1v) is 12.2. The van der Waals surface area contributed by atoms with E-state index in [0.717, 1.165) is 46.9 Å². The van der Waals surface area contributed by atoms with Crippen molar-refractivity contribution in [1.29, 1.82) is 0 Å². The maximum Gasteiger partial charge on any atom is 0.119 e. The van der Waals surface area contributed by atoms with Crippen molar-refractivity contribution < 1.29 is 14.9 Å². The standard InChI is InChI=1S/C32H29NO3/c34-27-11-8-25(9-12-27)30-16-10-26-21-28(35)13-17-31(26)32(30)20-23-6-14-29(15-7-23)36-19-3-5-24-4-1-2-18-33-22-24/h1-2,4,6-18,21-22,33-35H,3,5,19-20H2. The predicted octanol–water partition coefficient (Wildman–Crippen LogP) is 7.22. The Morgan fingerprint density at radius 1 is 0.778 bits per heavy atom. The van der Waals surface area contributed by atoms with E-state index >= 15 is 0 Å². The van der Waals surface area contributed by atoms with Crippen molar-refractivity contribution in [2.45, 2.75) is 19.3 Å². The second-order valence-corrected chi connectivity index (χ2v) is 8.92. The van der Waals surface area contributed by atoms with Crippen LogP contribution in [0.2, 0.25) is 0 Å². The summed E-state index contributed by atoms with van der Waals surface area (Å²) in [5, 5.41) is 25.0. The fourth-order valence-corrected chi connectivity index (χ4v) is 4.51. The normalized spacial score (nSPS) is 12.7. The first kappa shape index (κ1) is 23.3. The van der Waals surface area contributed by atoms with Crippen molar-refractivity contribution >= 4 is 10.8 Å². The van der Waals surface area contributed by atoms with Gasteiger partial charge >= 0.3 is 0 Å². The molecule has 0 fully saturated rings. The monoisotopic (exact) mass is 475 g/mol. The molecule has 1 aliphatic heterocycles. The zero-order chi connectivity index (χ0) is 24.7. The topological polar surface area (TPSA) is 61.7 Å². The summed E-state index contributed by atoms with van der Waals surface area (Å²) in [4.78, 5) is 0. The molecule has 5 rings (SSSR count). The summed E-state index contributed by atoms with van der Waals surface area (Å²) in [7, 11) is 0. The summed E-state index contributed by atoms with van der Waals surface area (Å²) in [6.45, 7) is 0.662. The van der Waals surface area contributed by atoms with Crippen LogP contribution in [0.25, 0.3) is 21.9 Å². The number of benzene rings is 4. The third kappa shape index (κ3) is 5.61. The zero-order valence-corrected chi connectivity index (χ0v) is 20.0. The molecule has 1 aliphatic rings. The number of phenolic OH excluding ortho intramolecular Hbond substituents is 2. The number of fused-ring (bicyclic) bond motifs is 1. The minimum Gasteiger partial charge on any atom is -0.508 e. The molecule has 4 heteroatoms. The van der Waals surface area contributed by atoms with Crippen LogP contribution < -0.4 is 10.1 Å². The lowest BCUT2D eigenvalue weighted by Gasteiger charge is -2.15. The summed E-state index contributed by atoms with van der Waals surface area (Å²) < 4.78 is 5.98. The van der Waals surface area contributed by atoms with Gasteiger partial charge in [-0.15, -0.1) is 0 Å². The molecule has 0 radical (unpaired) electrons. The van der Waals surface area contributed by atoms with E-state index in [1.165, 1.54) is 16.7 Å². The highest BCUT2D eigenvalue weighted by Crippen LogP contribution is 2.34. The summed E-state index contributed by atoms with van der Waals surface area (Å²) in [5.41, 5.74) is 5.77. The van der Waals surface area contributed by atoms with Gasteiger partial charge in [-0.2, -0.15) is 0 Å². The van der Waals surface area contributed by atoms with Crippen molar-refractivity contribution in [2.24, 2.45) is 0 Å². The Labute approximate surface area is 211 Å². The summed E-state index contributed by atoms with van der Waals surface area (Å²) >= 11 is 0. The first-order valence-electron chi connectivity index (χ1n) is 12.2. The summed E-state index contributed by atoms with van der Waals surface area (Å²) in [6, 6.07) is 25.2. The van der Waals surface area contributed by atoms with Crippen LogP contribution in [0.5, 0.6) is 17.2 Å². The fourth-order valence-electron chi connectivity index (χ4n) is 4.51. The van der Waals surface area contributed by atoms with E-state index in [9.17, 15) is 10.2 Å². The van der Waals surface area contributed by atoms with E-state index in [4.69, 9.17) is 4.74 Å². The highest BCUT2D eigenvalue weighted by Gasteiger charge is 2.12. The molecular formula is C32H29NO3. The van der Waals surface area contributed by atoms with Gasteiger partial charge in [0.05, 0.1) is 6.61 Å². The number of allylic oxidation sites excluding steroid dienone is 4. The number of nitrogens with one attached hydrogen (secondary N) is 1. The van der Waals surface area contributed by atoms with Gasteiger partial charge < -0.3 is 20.3 Å². The number of aromatic hydroxyl groups is 2. The molecule has 180 valence electrons. The second kappa shape index (κ2) is 10.9. The molecule has 0 saturated heterocycles. The van der Waals surface area contributed by atoms with Gasteiger partial charge in [0.1, 0.15) is 17.2 Å². The Hall–Kier alpha value is -4.44. The Bertz CT molecular complexity index is 1430. The van der Waals surface area contributed by atoms with Crippen LogP contribution in [0.4, 0.5) is 0 Å². The van der Waals surface area contributed by atoms with Crippen molar-refractivity contribution in [2.75, 3.05) is 6.61 Å². The third-order valence-electron chi connectivity index (χ3n) is 6.36. The fraction of sp³-hybridized carbons (Fsp3) is 0.125. The van der Waals surface area contributed by atoms with Crippen LogP contribution in [-0.2, 0) is 6.42 Å². The molecule has 0 unspecified atom stereocenters. The van der Waals surface area contributed by atoms with Crippen LogP contribution in [0.3, 0.4) is 0 Å². The summed E-state index contributed by atoms with van der Waals surface area (Å²) in [5.74, 6) is 1.37. The van der Waals surface area contributed by atoms with Crippen LogP contribution in [-0.4, -0.2) is 16.8 Å². The molecule has 4 nitrogen and oxygen atoms in total. The van der Waals surface area contributed by atoms with Gasteiger partial charge in [0.25, 0.3) is 0 Å². The van der Waals surface area contributed by atoms with Gasteiger partial charge in [-0.1, -0.05) is 54.6 Å². The molecule has 36 heavy (non-hydrogen) atoms. The van der Waals surface area contributed by atoms with Gasteiger partial charge in [-0.25, -0.2) is 0 Å². The first-order chi connectivity index (χ1) is 17.7. The average Bonchev–Trinajstić information content (AvgIpc) is 3.17. The lowest BCUT2D eigenvalue weighted by Crippen LogP contribution is -2.00. The Morgan fingerprint density at radius 3 is 2.42 bits per heavy atom. The minimum absolute atomic E-state index is 0.248. The molecule has 0 amide bonds. The lowest BCUT2D eigenvalue weighted by atomic mass is 9.90. The quantitative estimate of drug-likeness (QED) is 0.235. The SMILES string of the molecule is Oc1ccc(-c2ccc3cc(O)ccc3c2Cc2ccc(OCCCC3=CNC=CC=C3)cc2)cc1. The molecule has 4 aromatic carbocycles. The number of hydrogen-bond donors (Lipinski definition) is 3. The Morgan fingerprint density at radius 2 is 1.58 bits per heavy atom. The second-order valence-electron chi connectivity index (χ2n) is 8.92. The summed E-state index contributed by atoms with van der Waals surface area (Å²) in [6.07, 6.45) is 12.7. The highest BCUT2D eigenvalue weighted by molar-refractivity contribution is 5.93. The molecule has 0 saturated carbocycles. The van der Waals surface area contributed by atoms with Crippen LogP contribution in [0.1, 0.15) is 24.0 Å². The van der Waals surface area contributed by atoms with Gasteiger partial charge in [0.15, 0.2) is 0 Å². The Kier molecular flexibility index (Phi) is 7.04. The van der Waals surface area contributed by atoms with Crippen molar-refractivity contribution in [1.82, 2.24) is 5.32 Å². The van der Waals surface area contributed by atoms with Crippen molar-refractivity contribution in [3.63, 3.8) is 0 Å². The molecule has 3 N–H and O–H groups in total. The van der Waals surface area contributed by atoms with Gasteiger partial charge in [-0.3, -0.25) is 0 Å². The molecule has 1 heterocycles. The molecule has 0 aliphatic carbocycles. The highest BCUT2D eigenvalue weighted by atomic mass is 16.5. The number of ether oxygens (including phenoxy) is 1. The van der Waals surface area contributed by atoms with E-state index in [-0.39, 0.29) is 11.5 Å². The van der Waals surface area contributed by atoms with Gasteiger partial charge in [0.2, 0.25) is 0 Å². The molecule has 0 spiro atoms. The van der Waals surface area contributed by atoms with Crippen LogP contribution in [0, 0.1) is 0 Å². The van der Waals surface area contributed by atoms with Gasteiger partial charge in [-0.05, 0) is 100 Å². The lowest BCUT2D eigenvalue weighted by molar-refractivity contribution is 0.311. The van der Waals surface area contributed by atoms with Crippen LogP contribution >= 0.6 is 0 Å². The minimum atomic E-state index is 0.248. The van der Waals surface area contributed by atoms with Gasteiger partial charge in [0, 0.05) is 12.4 Å². The average molecular weight is 476 g/mol. The molecule has 0 atom stereocenters. The van der Waals surface area contributed by atoms with Crippen molar-refractivity contribution in [3.8, 4) is 28.4 Å². The maximum absolute atomic E-state index is 9.98. The van der Waals surface area contributed by atoms with Crippen molar-refractivity contribution in [3.05, 3.63) is 126 Å². The van der Waals surface area contributed by atoms with E-state index in [2.05, 4.69) is 29.6 Å². The zero-order valence-electron chi connectivity index (χ0n) is 20.0. The largest absolute Gasteiger partial charge is 0.508 e.